The number of nitrogens with one attached hydrogen (secondary N) is 1. The number of hydrogen-bond acceptors (Lipinski definition) is 1. The van der Waals surface area contributed by atoms with Gasteiger partial charge in [0, 0.05) is 27.8 Å². The van der Waals surface area contributed by atoms with Gasteiger partial charge >= 0.3 is 0 Å². The molecule has 0 saturated carbocycles. The Morgan fingerprint density at radius 2 is 2.03 bits per heavy atom. The molecule has 32 heavy (non-hydrogen) atoms. The number of ether oxygens (including phenoxy) is 1. The predicted octanol–water partition coefficient (Wildman–Crippen LogP) is 8.70. The summed E-state index contributed by atoms with van der Waals surface area (Å²) >= 11 is 0. The van der Waals surface area contributed by atoms with Crippen LogP contribution in [0.15, 0.2) is 97.1 Å². The molecule has 0 aromatic carbocycles. The van der Waals surface area contributed by atoms with Crippen LogP contribution in [0.2, 0.25) is 0 Å². The Kier molecular flexibility index (Phi) is 7.72. The number of allylic oxidation sites excluding steroid dienone is 15. The molecule has 0 saturated heterocycles. The predicted molar refractivity (Wildman–Crippen MR) is 141 cm³/mol. The van der Waals surface area contributed by atoms with Crippen LogP contribution in [-0.2, 0) is 4.74 Å². The second kappa shape index (κ2) is 10.7. The van der Waals surface area contributed by atoms with E-state index in [-0.39, 0.29) is 0 Å². The van der Waals surface area contributed by atoms with Gasteiger partial charge in [-0.1, -0.05) is 80.8 Å². The second-order valence-electron chi connectivity index (χ2n) is 7.75. The maximum Gasteiger partial charge on any atom is 0.136 e. The van der Waals surface area contributed by atoms with Gasteiger partial charge in [-0.25, -0.2) is 0 Å². The molecule has 2 aliphatic rings. The fourth-order valence-electron chi connectivity index (χ4n) is 3.95. The van der Waals surface area contributed by atoms with Crippen molar-refractivity contribution >= 4 is 22.8 Å². The minimum atomic E-state index is 0.754. The molecule has 0 unspecified atom stereocenters. The highest BCUT2D eigenvalue weighted by molar-refractivity contribution is 5.95. The number of H-pyrrole nitrogens is 1. The van der Waals surface area contributed by atoms with Crippen molar-refractivity contribution in [1.29, 1.82) is 0 Å². The molecular weight excluding hydrogens is 390 g/mol. The summed E-state index contributed by atoms with van der Waals surface area (Å²) in [6, 6.07) is 0. The van der Waals surface area contributed by atoms with Gasteiger partial charge < -0.3 is 9.72 Å². The number of rotatable bonds is 6. The lowest BCUT2D eigenvalue weighted by Crippen LogP contribution is -1.95. The van der Waals surface area contributed by atoms with Crippen LogP contribution >= 0.6 is 0 Å². The standard InChI is InChI=1S/C30H33NO/c1-7-11-13-19-26-22(6)29-28(24-18-14-12-15-20-27(24)32-26)25(17-9-3)30(31-29)23(16-8-2)21(5)10-4/h8-17,19-20,31H,4,6-7,18H2,1-3,5H3/b13-11-,16-8-,17-9-,23-21+,26-19+. The Morgan fingerprint density at radius 1 is 1.22 bits per heavy atom. The van der Waals surface area contributed by atoms with Crippen molar-refractivity contribution in [2.45, 2.75) is 40.5 Å². The van der Waals surface area contributed by atoms with E-state index in [9.17, 15) is 0 Å². The van der Waals surface area contributed by atoms with Gasteiger partial charge in [0.25, 0.3) is 0 Å². The highest BCUT2D eigenvalue weighted by atomic mass is 16.5. The summed E-state index contributed by atoms with van der Waals surface area (Å²) in [6.45, 7) is 16.7. The molecule has 0 fully saturated rings. The van der Waals surface area contributed by atoms with Crippen LogP contribution in [0.1, 0.15) is 63.1 Å². The molecule has 1 N–H and O–H groups in total. The Morgan fingerprint density at radius 3 is 2.72 bits per heavy atom. The first-order chi connectivity index (χ1) is 15.6. The van der Waals surface area contributed by atoms with Crippen LogP contribution < -0.4 is 0 Å². The third-order valence-electron chi connectivity index (χ3n) is 5.56. The van der Waals surface area contributed by atoms with Crippen LogP contribution in [0.5, 0.6) is 0 Å². The van der Waals surface area contributed by atoms with Crippen molar-refractivity contribution in [3.63, 3.8) is 0 Å². The van der Waals surface area contributed by atoms with E-state index in [2.05, 4.69) is 74.5 Å². The lowest BCUT2D eigenvalue weighted by molar-refractivity contribution is 0.343. The van der Waals surface area contributed by atoms with Crippen LogP contribution in [0.3, 0.4) is 0 Å². The first-order valence-electron chi connectivity index (χ1n) is 11.2. The molecule has 0 radical (unpaired) electrons. The first-order valence-corrected chi connectivity index (χ1v) is 11.2. The highest BCUT2D eigenvalue weighted by Gasteiger charge is 2.29. The second-order valence-corrected chi connectivity index (χ2v) is 7.75. The summed E-state index contributed by atoms with van der Waals surface area (Å²) in [5, 5.41) is 0. The molecule has 0 spiro atoms. The molecule has 1 aromatic heterocycles. The molecule has 1 aliphatic carbocycles. The lowest BCUT2D eigenvalue weighted by atomic mass is 9.92. The van der Waals surface area contributed by atoms with E-state index < -0.39 is 0 Å². The minimum Gasteiger partial charge on any atom is -0.456 e. The largest absolute Gasteiger partial charge is 0.456 e. The van der Waals surface area contributed by atoms with Gasteiger partial charge in [-0.2, -0.15) is 0 Å². The van der Waals surface area contributed by atoms with Crippen molar-refractivity contribution in [2.75, 3.05) is 0 Å². The van der Waals surface area contributed by atoms with Crippen LogP contribution in [-0.4, -0.2) is 4.98 Å². The maximum atomic E-state index is 6.42. The molecule has 2 nitrogen and oxygen atoms in total. The minimum absolute atomic E-state index is 0.754. The van der Waals surface area contributed by atoms with E-state index >= 15 is 0 Å². The van der Waals surface area contributed by atoms with E-state index in [1.54, 1.807) is 0 Å². The smallest absolute Gasteiger partial charge is 0.136 e. The summed E-state index contributed by atoms with van der Waals surface area (Å²) in [4.78, 5) is 3.72. The Bertz CT molecular complexity index is 1150. The summed E-state index contributed by atoms with van der Waals surface area (Å²) in [7, 11) is 0. The molecule has 2 heterocycles. The van der Waals surface area contributed by atoms with Crippen molar-refractivity contribution in [3.8, 4) is 0 Å². The summed E-state index contributed by atoms with van der Waals surface area (Å²) in [5.41, 5.74) is 8.59. The molecule has 0 amide bonds. The van der Waals surface area contributed by atoms with Gasteiger partial charge in [-0.05, 0) is 51.3 Å². The molecule has 164 valence electrons. The van der Waals surface area contributed by atoms with Crippen LogP contribution in [0, 0.1) is 0 Å². The van der Waals surface area contributed by atoms with Gasteiger partial charge in [0.2, 0.25) is 0 Å². The highest BCUT2D eigenvalue weighted by Crippen LogP contribution is 2.44. The zero-order valence-electron chi connectivity index (χ0n) is 19.7. The van der Waals surface area contributed by atoms with Crippen LogP contribution in [0.25, 0.3) is 22.8 Å². The molecule has 0 atom stereocenters. The quantitative estimate of drug-likeness (QED) is 0.455. The average molecular weight is 424 g/mol. The van der Waals surface area contributed by atoms with Gasteiger partial charge in [0.15, 0.2) is 0 Å². The fraction of sp³-hybridized carbons (Fsp3) is 0.200. The number of hydrogen-bond donors (Lipinski definition) is 1. The Labute approximate surface area is 192 Å². The lowest BCUT2D eigenvalue weighted by Gasteiger charge is -2.12. The van der Waals surface area contributed by atoms with Gasteiger partial charge in [-0.3, -0.25) is 0 Å². The van der Waals surface area contributed by atoms with Crippen molar-refractivity contribution in [1.82, 2.24) is 4.98 Å². The molecule has 3 rings (SSSR count). The van der Waals surface area contributed by atoms with Gasteiger partial charge in [0.1, 0.15) is 11.5 Å². The number of fused-ring (bicyclic) bond motifs is 2. The summed E-state index contributed by atoms with van der Waals surface area (Å²) in [5.74, 6) is 1.61. The molecule has 1 aromatic rings. The number of aromatic amines is 1. The van der Waals surface area contributed by atoms with Gasteiger partial charge in [0.05, 0.1) is 11.4 Å². The third-order valence-corrected chi connectivity index (χ3v) is 5.56. The van der Waals surface area contributed by atoms with Crippen molar-refractivity contribution in [2.24, 2.45) is 0 Å². The third kappa shape index (κ3) is 4.55. The van der Waals surface area contributed by atoms with E-state index in [1.807, 2.05) is 44.2 Å². The molecular formula is C30H33NO. The monoisotopic (exact) mass is 423 g/mol. The SMILES string of the molecule is C=C/C(C)=C(\C=C/C)c1[nH]c2c(c1/C=C\C)C1=C(C=CC=CC1)O/C(=C/C=C\CC)C2=C. The van der Waals surface area contributed by atoms with E-state index in [0.29, 0.717) is 0 Å². The topological polar surface area (TPSA) is 25.0 Å². The van der Waals surface area contributed by atoms with Gasteiger partial charge in [-0.15, -0.1) is 0 Å². The maximum absolute atomic E-state index is 6.42. The summed E-state index contributed by atoms with van der Waals surface area (Å²) < 4.78 is 6.42. The van der Waals surface area contributed by atoms with E-state index in [1.165, 1.54) is 0 Å². The fourth-order valence-corrected chi connectivity index (χ4v) is 3.95. The normalized spacial score (nSPS) is 18.2. The average Bonchev–Trinajstić information content (AvgIpc) is 2.93. The van der Waals surface area contributed by atoms with E-state index in [0.717, 1.165) is 69.2 Å². The van der Waals surface area contributed by atoms with E-state index in [4.69, 9.17) is 4.74 Å². The molecule has 1 aliphatic heterocycles. The summed E-state index contributed by atoms with van der Waals surface area (Å²) in [6.07, 6.45) is 26.6. The number of aromatic nitrogens is 1. The van der Waals surface area contributed by atoms with Crippen LogP contribution in [0.4, 0.5) is 0 Å². The Hall–Kier alpha value is -3.52. The van der Waals surface area contributed by atoms with Crippen molar-refractivity contribution in [3.05, 3.63) is 120 Å². The molecule has 0 bridgehead atoms. The zero-order valence-corrected chi connectivity index (χ0v) is 19.7. The zero-order chi connectivity index (χ0) is 23.1. The Balaban J connectivity index is 2.41. The molecule has 2 heteroatoms. The van der Waals surface area contributed by atoms with Crippen molar-refractivity contribution < 1.29 is 4.74 Å². The first kappa shape index (κ1) is 23.1.